The molecule has 52 valence electrons. The fourth-order valence-electron chi connectivity index (χ4n) is 1.54. The van der Waals surface area contributed by atoms with Crippen LogP contribution in [-0.2, 0) is 4.65 Å². The van der Waals surface area contributed by atoms with Crippen LogP contribution < -0.4 is 5.73 Å². The van der Waals surface area contributed by atoms with Crippen LogP contribution in [0.25, 0.3) is 0 Å². The zero-order chi connectivity index (χ0) is 6.97. The van der Waals surface area contributed by atoms with Gasteiger partial charge >= 0.3 is 6.92 Å². The molecule has 0 spiro atoms. The molecule has 3 aliphatic rings. The molecular weight excluding hydrogens is 125 g/mol. The maximum absolute atomic E-state index is 5.50. The van der Waals surface area contributed by atoms with Crippen molar-refractivity contribution in [3.05, 3.63) is 23.6 Å². The van der Waals surface area contributed by atoms with Crippen LogP contribution in [0.5, 0.6) is 0 Å². The number of rotatable bonds is 0. The van der Waals surface area contributed by atoms with E-state index in [-0.39, 0.29) is 0 Å². The van der Waals surface area contributed by atoms with Crippen molar-refractivity contribution in [3.63, 3.8) is 0 Å². The topological polar surface area (TPSA) is 35.2 Å². The van der Waals surface area contributed by atoms with Crippen LogP contribution in [0, 0.1) is 0 Å². The Morgan fingerprint density at radius 2 is 2.60 bits per heavy atom. The molecule has 0 atom stereocenters. The van der Waals surface area contributed by atoms with Gasteiger partial charge in [-0.25, -0.2) is 0 Å². The number of allylic oxidation sites excluding steroid dienone is 2. The molecule has 0 radical (unpaired) electrons. The van der Waals surface area contributed by atoms with E-state index in [1.54, 1.807) is 6.20 Å². The molecule has 0 aliphatic carbocycles. The normalized spacial score (nSPS) is 26.6. The highest BCUT2D eigenvalue weighted by Crippen LogP contribution is 2.33. The monoisotopic (exact) mass is 135 g/mol. The van der Waals surface area contributed by atoms with Crippen LogP contribution in [0.3, 0.4) is 0 Å². The Hall–Kier alpha value is -0.855. The molecule has 3 heterocycles. The van der Waals surface area contributed by atoms with Crippen LogP contribution in [0.15, 0.2) is 23.6 Å². The largest absolute Gasteiger partial charge is 0.559 e. The Bertz CT molecular complexity index is 210. The Morgan fingerprint density at radius 3 is 2.90 bits per heavy atom. The summed E-state index contributed by atoms with van der Waals surface area (Å²) in [5, 5.41) is 0. The minimum atomic E-state index is 0.410. The summed E-state index contributed by atoms with van der Waals surface area (Å²) in [5.74, 6) is 0.905. The fraction of sp³-hybridized carbons (Fsp3) is 0.429. The maximum atomic E-state index is 5.50. The van der Waals surface area contributed by atoms with Gasteiger partial charge in [-0.15, -0.1) is 0 Å². The summed E-state index contributed by atoms with van der Waals surface area (Å²) in [7, 11) is 0. The van der Waals surface area contributed by atoms with Crippen molar-refractivity contribution in [1.29, 1.82) is 0 Å². The van der Waals surface area contributed by atoms with Crippen LogP contribution >= 0.6 is 0 Å². The van der Waals surface area contributed by atoms with E-state index in [1.807, 2.05) is 0 Å². The molecule has 0 aromatic carbocycles. The van der Waals surface area contributed by atoms with Crippen molar-refractivity contribution in [3.8, 4) is 0 Å². The predicted octanol–water partition coefficient (Wildman–Crippen LogP) is 1.14. The van der Waals surface area contributed by atoms with Gasteiger partial charge in [0.25, 0.3) is 0 Å². The molecule has 3 aliphatic heterocycles. The second-order valence-electron chi connectivity index (χ2n) is 2.77. The predicted molar refractivity (Wildman–Crippen MR) is 41.4 cm³/mol. The molecule has 1 saturated heterocycles. The SMILES string of the molecule is N/C=C1\OB2CC=C1CC2. The van der Waals surface area contributed by atoms with Crippen molar-refractivity contribution in [2.24, 2.45) is 5.73 Å². The highest BCUT2D eigenvalue weighted by molar-refractivity contribution is 6.53. The second kappa shape index (κ2) is 2.08. The molecule has 0 amide bonds. The lowest BCUT2D eigenvalue weighted by Gasteiger charge is -2.29. The first-order valence-corrected chi connectivity index (χ1v) is 3.68. The van der Waals surface area contributed by atoms with E-state index in [1.165, 1.54) is 11.9 Å². The average Bonchev–Trinajstić information content (AvgIpc) is 2.06. The number of hydrogen-bond donors (Lipinski definition) is 1. The van der Waals surface area contributed by atoms with Gasteiger partial charge in [0, 0.05) is 6.20 Å². The molecule has 2 nitrogen and oxygen atoms in total. The standard InChI is InChI=1S/C7H10BNO/c9-5-7-6-1-3-8(10-7)4-2-6/h1,5H,2-4,9H2/b7-5-. The maximum Gasteiger partial charge on any atom is 0.361 e. The molecule has 3 heteroatoms. The van der Waals surface area contributed by atoms with E-state index in [0.717, 1.165) is 18.5 Å². The number of hydrogen-bond acceptors (Lipinski definition) is 2. The molecule has 1 fully saturated rings. The number of nitrogens with two attached hydrogens (primary N) is 1. The zero-order valence-electron chi connectivity index (χ0n) is 5.84. The van der Waals surface area contributed by atoms with E-state index < -0.39 is 0 Å². The van der Waals surface area contributed by atoms with E-state index in [4.69, 9.17) is 10.4 Å². The third kappa shape index (κ3) is 0.736. The van der Waals surface area contributed by atoms with Crippen molar-refractivity contribution in [2.45, 2.75) is 19.1 Å². The molecule has 10 heavy (non-hydrogen) atoms. The summed E-state index contributed by atoms with van der Waals surface area (Å²) in [6.45, 7) is 0.410. The molecule has 0 unspecified atom stereocenters. The van der Waals surface area contributed by atoms with E-state index in [9.17, 15) is 0 Å². The van der Waals surface area contributed by atoms with Gasteiger partial charge in [0.2, 0.25) is 0 Å². The quantitative estimate of drug-likeness (QED) is 0.505. The molecule has 2 bridgehead atoms. The van der Waals surface area contributed by atoms with Gasteiger partial charge in [-0.3, -0.25) is 0 Å². The van der Waals surface area contributed by atoms with Crippen molar-refractivity contribution < 1.29 is 4.65 Å². The van der Waals surface area contributed by atoms with Crippen molar-refractivity contribution >= 4 is 6.92 Å². The smallest absolute Gasteiger partial charge is 0.361 e. The highest BCUT2D eigenvalue weighted by Gasteiger charge is 2.29. The Kier molecular flexibility index (Phi) is 1.23. The van der Waals surface area contributed by atoms with Gasteiger partial charge in [0.1, 0.15) is 5.76 Å². The molecule has 3 rings (SSSR count). The van der Waals surface area contributed by atoms with Crippen LogP contribution in [0.4, 0.5) is 0 Å². The first-order valence-electron chi connectivity index (χ1n) is 3.68. The third-order valence-corrected chi connectivity index (χ3v) is 2.12. The van der Waals surface area contributed by atoms with Gasteiger partial charge in [-0.1, -0.05) is 6.08 Å². The molecule has 0 saturated carbocycles. The minimum absolute atomic E-state index is 0.410. The summed E-state index contributed by atoms with van der Waals surface area (Å²) >= 11 is 0. The third-order valence-electron chi connectivity index (χ3n) is 2.12. The van der Waals surface area contributed by atoms with Crippen LogP contribution in [0.1, 0.15) is 6.42 Å². The van der Waals surface area contributed by atoms with Gasteiger partial charge in [-0.2, -0.15) is 0 Å². The van der Waals surface area contributed by atoms with E-state index in [2.05, 4.69) is 6.08 Å². The summed E-state index contributed by atoms with van der Waals surface area (Å²) in [5.41, 5.74) is 6.66. The summed E-state index contributed by atoms with van der Waals surface area (Å²) < 4.78 is 5.50. The zero-order valence-corrected chi connectivity index (χ0v) is 5.84. The fourth-order valence-corrected chi connectivity index (χ4v) is 1.54. The summed E-state index contributed by atoms with van der Waals surface area (Å²) in [6, 6.07) is 0. The highest BCUT2D eigenvalue weighted by atomic mass is 16.4. The van der Waals surface area contributed by atoms with Crippen molar-refractivity contribution in [1.82, 2.24) is 0 Å². The van der Waals surface area contributed by atoms with Crippen LogP contribution in [-0.4, -0.2) is 6.92 Å². The van der Waals surface area contributed by atoms with E-state index >= 15 is 0 Å². The molecule has 0 aromatic rings. The van der Waals surface area contributed by atoms with E-state index in [0.29, 0.717) is 6.92 Å². The van der Waals surface area contributed by atoms with Gasteiger partial charge < -0.3 is 10.4 Å². The lowest BCUT2D eigenvalue weighted by Crippen LogP contribution is -2.27. The Morgan fingerprint density at radius 1 is 1.70 bits per heavy atom. The minimum Gasteiger partial charge on any atom is -0.559 e. The first kappa shape index (κ1) is 5.89. The Labute approximate surface area is 60.8 Å². The summed E-state index contributed by atoms with van der Waals surface area (Å²) in [4.78, 5) is 0. The molecule has 2 N–H and O–H groups in total. The van der Waals surface area contributed by atoms with Gasteiger partial charge in [-0.05, 0) is 24.6 Å². The average molecular weight is 135 g/mol. The summed E-state index contributed by atoms with van der Waals surface area (Å²) in [6.07, 6.45) is 7.19. The van der Waals surface area contributed by atoms with Gasteiger partial charge in [0.15, 0.2) is 0 Å². The molecular formula is C7H10BNO. The van der Waals surface area contributed by atoms with Gasteiger partial charge in [0.05, 0.1) is 0 Å². The second-order valence-corrected chi connectivity index (χ2v) is 2.77. The Balaban J connectivity index is 2.31. The number of fused-ring (bicyclic) bond motifs is 3. The van der Waals surface area contributed by atoms with Crippen molar-refractivity contribution in [2.75, 3.05) is 0 Å². The molecule has 0 aromatic heterocycles. The lowest BCUT2D eigenvalue weighted by atomic mass is 9.54. The van der Waals surface area contributed by atoms with Crippen LogP contribution in [0.2, 0.25) is 12.6 Å². The lowest BCUT2D eigenvalue weighted by molar-refractivity contribution is 0.411. The first-order chi connectivity index (χ1) is 4.90.